The molecule has 0 atom stereocenters. The van der Waals surface area contributed by atoms with Gasteiger partial charge in [-0.1, -0.05) is 0 Å². The molecule has 30 heavy (non-hydrogen) atoms. The maximum atomic E-state index is 12.5. The molecular formula is C20H18N4O6. The summed E-state index contributed by atoms with van der Waals surface area (Å²) < 4.78 is 6.15. The van der Waals surface area contributed by atoms with Crippen molar-refractivity contribution in [3.63, 3.8) is 0 Å². The van der Waals surface area contributed by atoms with Gasteiger partial charge in [0, 0.05) is 30.9 Å². The number of aromatic nitrogens is 1. The summed E-state index contributed by atoms with van der Waals surface area (Å²) >= 11 is 0. The normalized spacial score (nSPS) is 13.2. The van der Waals surface area contributed by atoms with E-state index in [2.05, 4.69) is 5.32 Å². The smallest absolute Gasteiger partial charge is 0.407 e. The van der Waals surface area contributed by atoms with Crippen LogP contribution >= 0.6 is 0 Å². The van der Waals surface area contributed by atoms with Crippen LogP contribution in [-0.4, -0.2) is 27.8 Å². The summed E-state index contributed by atoms with van der Waals surface area (Å²) in [5.41, 5.74) is 2.49. The molecule has 10 heteroatoms. The number of nitrogens with zero attached hydrogens (tertiary/aromatic N) is 3. The number of rotatable bonds is 4. The van der Waals surface area contributed by atoms with Gasteiger partial charge in [-0.05, 0) is 42.7 Å². The third-order valence-corrected chi connectivity index (χ3v) is 5.03. The van der Waals surface area contributed by atoms with E-state index in [9.17, 15) is 24.5 Å². The molecule has 0 saturated heterocycles. The van der Waals surface area contributed by atoms with E-state index in [-0.39, 0.29) is 23.7 Å². The molecule has 0 radical (unpaired) electrons. The van der Waals surface area contributed by atoms with E-state index in [4.69, 9.17) is 4.42 Å². The molecule has 2 aromatic carbocycles. The van der Waals surface area contributed by atoms with Crippen LogP contribution in [0.4, 0.5) is 17.1 Å². The Morgan fingerprint density at radius 1 is 1.23 bits per heavy atom. The Labute approximate surface area is 169 Å². The number of fused-ring (bicyclic) bond motifs is 2. The number of hydrogen-bond acceptors (Lipinski definition) is 6. The first-order chi connectivity index (χ1) is 14.3. The highest BCUT2D eigenvalue weighted by atomic mass is 16.6. The Kier molecular flexibility index (Phi) is 4.82. The number of amides is 2. The minimum atomic E-state index is -0.775. The van der Waals surface area contributed by atoms with Gasteiger partial charge in [0.2, 0.25) is 11.8 Å². The van der Waals surface area contributed by atoms with E-state index in [0.29, 0.717) is 17.7 Å². The molecule has 0 bridgehead atoms. The molecule has 0 saturated carbocycles. The van der Waals surface area contributed by atoms with E-state index in [1.807, 2.05) is 6.07 Å². The van der Waals surface area contributed by atoms with Gasteiger partial charge in [-0.3, -0.25) is 24.3 Å². The lowest BCUT2D eigenvalue weighted by Crippen LogP contribution is -2.33. The predicted octanol–water partition coefficient (Wildman–Crippen LogP) is 2.44. The number of non-ortho nitro benzene ring substituents is 1. The van der Waals surface area contributed by atoms with E-state index in [1.165, 1.54) is 19.1 Å². The lowest BCUT2D eigenvalue weighted by molar-refractivity contribution is -0.384. The van der Waals surface area contributed by atoms with Crippen molar-refractivity contribution >= 4 is 40.0 Å². The highest BCUT2D eigenvalue weighted by Crippen LogP contribution is 2.30. The molecule has 1 aliphatic rings. The number of benzene rings is 2. The van der Waals surface area contributed by atoms with Crippen molar-refractivity contribution in [3.05, 3.63) is 62.6 Å². The Morgan fingerprint density at radius 3 is 2.77 bits per heavy atom. The highest BCUT2D eigenvalue weighted by Gasteiger charge is 2.21. The minimum absolute atomic E-state index is 0.0285. The fourth-order valence-electron chi connectivity index (χ4n) is 3.66. The Hall–Kier alpha value is -3.95. The standard InChI is InChI=1S/C20H18N4O6/c1-12(25)22-8-2-3-13-9-14(4-6-16(13)22)21-19(26)11-23-17-7-5-15(24(28)29)10-18(17)30-20(23)27/h4-7,9-10H,2-3,8,11H2,1H3,(H,21,26). The third-order valence-electron chi connectivity index (χ3n) is 5.03. The van der Waals surface area contributed by atoms with Crippen LogP contribution in [0.2, 0.25) is 0 Å². The SMILES string of the molecule is CC(=O)N1CCCc2cc(NC(=O)Cn3c(=O)oc4cc([N+](=O)[O-])ccc43)ccc21. The van der Waals surface area contributed by atoms with Crippen molar-refractivity contribution in [2.45, 2.75) is 26.3 Å². The zero-order valence-electron chi connectivity index (χ0n) is 16.1. The first-order valence-electron chi connectivity index (χ1n) is 9.32. The average molecular weight is 410 g/mol. The Balaban J connectivity index is 1.54. The van der Waals surface area contributed by atoms with Crippen LogP contribution in [0.5, 0.6) is 0 Å². The molecule has 154 valence electrons. The molecule has 0 unspecified atom stereocenters. The molecule has 0 spiro atoms. The second-order valence-electron chi connectivity index (χ2n) is 7.03. The zero-order valence-corrected chi connectivity index (χ0v) is 16.1. The lowest BCUT2D eigenvalue weighted by atomic mass is 10.0. The van der Waals surface area contributed by atoms with Gasteiger partial charge in [0.15, 0.2) is 5.58 Å². The third kappa shape index (κ3) is 3.54. The zero-order chi connectivity index (χ0) is 21.4. The molecule has 0 aliphatic carbocycles. The second-order valence-corrected chi connectivity index (χ2v) is 7.03. The molecule has 1 N–H and O–H groups in total. The summed E-state index contributed by atoms with van der Waals surface area (Å²) in [4.78, 5) is 48.4. The molecule has 3 aromatic rings. The molecule has 2 heterocycles. The van der Waals surface area contributed by atoms with Gasteiger partial charge in [0.1, 0.15) is 6.54 Å². The maximum absolute atomic E-state index is 12.5. The van der Waals surface area contributed by atoms with Crippen LogP contribution in [0.3, 0.4) is 0 Å². The molecule has 4 rings (SSSR count). The molecular weight excluding hydrogens is 392 g/mol. The van der Waals surface area contributed by atoms with Crippen molar-refractivity contribution in [2.75, 3.05) is 16.8 Å². The number of nitro groups is 1. The first-order valence-corrected chi connectivity index (χ1v) is 9.32. The van der Waals surface area contributed by atoms with E-state index >= 15 is 0 Å². The lowest BCUT2D eigenvalue weighted by Gasteiger charge is -2.29. The van der Waals surface area contributed by atoms with Gasteiger partial charge in [-0.25, -0.2) is 4.79 Å². The molecule has 1 aromatic heterocycles. The minimum Gasteiger partial charge on any atom is -0.407 e. The van der Waals surface area contributed by atoms with Gasteiger partial charge in [0.05, 0.1) is 16.5 Å². The number of carbonyl (C=O) groups is 2. The van der Waals surface area contributed by atoms with Crippen LogP contribution in [0.15, 0.2) is 45.6 Å². The molecule has 10 nitrogen and oxygen atoms in total. The average Bonchev–Trinajstić information content (AvgIpc) is 3.01. The fourth-order valence-corrected chi connectivity index (χ4v) is 3.66. The van der Waals surface area contributed by atoms with Gasteiger partial charge in [-0.2, -0.15) is 0 Å². The highest BCUT2D eigenvalue weighted by molar-refractivity contribution is 5.95. The van der Waals surface area contributed by atoms with Crippen LogP contribution in [0.25, 0.3) is 11.1 Å². The van der Waals surface area contributed by atoms with Gasteiger partial charge in [-0.15, -0.1) is 0 Å². The monoisotopic (exact) mass is 410 g/mol. The largest absolute Gasteiger partial charge is 0.420 e. The van der Waals surface area contributed by atoms with E-state index in [0.717, 1.165) is 34.7 Å². The number of anilines is 2. The summed E-state index contributed by atoms with van der Waals surface area (Å²) in [6.07, 6.45) is 1.64. The van der Waals surface area contributed by atoms with Crippen molar-refractivity contribution in [2.24, 2.45) is 0 Å². The van der Waals surface area contributed by atoms with Crippen molar-refractivity contribution in [3.8, 4) is 0 Å². The summed E-state index contributed by atoms with van der Waals surface area (Å²) in [5, 5.41) is 13.6. The number of carbonyl (C=O) groups excluding carboxylic acids is 2. The Morgan fingerprint density at radius 2 is 2.03 bits per heavy atom. The van der Waals surface area contributed by atoms with Crippen LogP contribution in [0.1, 0.15) is 18.9 Å². The maximum Gasteiger partial charge on any atom is 0.420 e. The quantitative estimate of drug-likeness (QED) is 0.520. The van der Waals surface area contributed by atoms with Gasteiger partial charge in [0.25, 0.3) is 5.69 Å². The molecule has 0 fully saturated rings. The van der Waals surface area contributed by atoms with E-state index < -0.39 is 16.6 Å². The fraction of sp³-hybridized carbons (Fsp3) is 0.250. The summed E-state index contributed by atoms with van der Waals surface area (Å²) in [7, 11) is 0. The van der Waals surface area contributed by atoms with Gasteiger partial charge >= 0.3 is 5.76 Å². The van der Waals surface area contributed by atoms with Crippen LogP contribution < -0.4 is 16.0 Å². The van der Waals surface area contributed by atoms with Crippen molar-refractivity contribution in [1.29, 1.82) is 0 Å². The first kappa shape index (κ1) is 19.4. The number of hydrogen-bond donors (Lipinski definition) is 1. The van der Waals surface area contributed by atoms with Gasteiger partial charge < -0.3 is 14.6 Å². The summed E-state index contributed by atoms with van der Waals surface area (Å²) in [6, 6.07) is 9.09. The number of oxazole rings is 1. The topological polar surface area (TPSA) is 128 Å². The summed E-state index contributed by atoms with van der Waals surface area (Å²) in [6.45, 7) is 1.88. The number of aryl methyl sites for hydroxylation is 1. The predicted molar refractivity (Wildman–Crippen MR) is 109 cm³/mol. The Bertz CT molecular complexity index is 1240. The summed E-state index contributed by atoms with van der Waals surface area (Å²) in [5.74, 6) is -1.25. The van der Waals surface area contributed by atoms with Crippen molar-refractivity contribution < 1.29 is 18.9 Å². The molecule has 1 aliphatic heterocycles. The second kappa shape index (κ2) is 7.47. The van der Waals surface area contributed by atoms with Crippen molar-refractivity contribution in [1.82, 2.24) is 4.57 Å². The van der Waals surface area contributed by atoms with Crippen LogP contribution in [-0.2, 0) is 22.6 Å². The van der Waals surface area contributed by atoms with Crippen LogP contribution in [0, 0.1) is 10.1 Å². The number of nitrogens with one attached hydrogen (secondary N) is 1. The number of nitro benzene ring substituents is 1. The molecule has 2 amide bonds. The van der Waals surface area contributed by atoms with E-state index in [1.54, 1.807) is 17.0 Å².